The van der Waals surface area contributed by atoms with Gasteiger partial charge in [0.1, 0.15) is 5.82 Å². The van der Waals surface area contributed by atoms with Gasteiger partial charge < -0.3 is 10.2 Å². The molecule has 5 rings (SSSR count). The summed E-state index contributed by atoms with van der Waals surface area (Å²) in [7, 11) is 0. The van der Waals surface area contributed by atoms with Crippen LogP contribution in [0.4, 0.5) is 23.5 Å². The molecule has 1 saturated heterocycles. The fourth-order valence-electron chi connectivity index (χ4n) is 4.90. The Morgan fingerprint density at radius 1 is 1.15 bits per heavy atom. The molecule has 2 atom stereocenters. The van der Waals surface area contributed by atoms with E-state index in [1.807, 2.05) is 0 Å². The van der Waals surface area contributed by atoms with E-state index in [1.54, 1.807) is 23.4 Å². The summed E-state index contributed by atoms with van der Waals surface area (Å²) in [6.07, 6.45) is 2.40. The Hall–Kier alpha value is -3.63. The van der Waals surface area contributed by atoms with Crippen LogP contribution in [-0.2, 0) is 6.18 Å². The molecule has 1 saturated carbocycles. The Morgan fingerprint density at radius 3 is 2.56 bits per heavy atom. The molecule has 3 heterocycles. The maximum Gasteiger partial charge on any atom is 0.419 e. The molecule has 11 heteroatoms. The van der Waals surface area contributed by atoms with E-state index in [0.29, 0.717) is 30.3 Å². The van der Waals surface area contributed by atoms with E-state index >= 15 is 0 Å². The number of alkyl halides is 3. The van der Waals surface area contributed by atoms with Crippen molar-refractivity contribution in [1.29, 1.82) is 0 Å². The van der Waals surface area contributed by atoms with Crippen molar-refractivity contribution in [3.05, 3.63) is 66.0 Å². The molecule has 2 fully saturated rings. The third-order valence-corrected chi connectivity index (χ3v) is 6.52. The molecule has 0 spiro atoms. The average molecular weight is 472 g/mol. The first-order valence-corrected chi connectivity index (χ1v) is 10.8. The molecule has 1 aliphatic carbocycles. The Labute approximate surface area is 192 Å². The molecule has 34 heavy (non-hydrogen) atoms. The summed E-state index contributed by atoms with van der Waals surface area (Å²) in [5.74, 6) is -0.212. The molecule has 7 nitrogen and oxygen atoms in total. The van der Waals surface area contributed by atoms with E-state index in [-0.39, 0.29) is 24.0 Å². The number of rotatable bonds is 5. The van der Waals surface area contributed by atoms with Crippen molar-refractivity contribution < 1.29 is 22.4 Å². The summed E-state index contributed by atoms with van der Waals surface area (Å²) in [6, 6.07) is 5.60. The largest absolute Gasteiger partial charge is 0.419 e. The van der Waals surface area contributed by atoms with Crippen molar-refractivity contribution in [1.82, 2.24) is 24.8 Å². The van der Waals surface area contributed by atoms with Crippen molar-refractivity contribution >= 4 is 11.9 Å². The second-order valence-corrected chi connectivity index (χ2v) is 8.66. The van der Waals surface area contributed by atoms with E-state index in [2.05, 4.69) is 25.3 Å². The lowest BCUT2D eigenvalue weighted by atomic mass is 9.94. The van der Waals surface area contributed by atoms with Crippen molar-refractivity contribution in [2.24, 2.45) is 5.92 Å². The number of likely N-dealkylation sites (tertiary alicyclic amines) is 1. The average Bonchev–Trinajstić information content (AvgIpc) is 3.41. The van der Waals surface area contributed by atoms with Gasteiger partial charge in [0.15, 0.2) is 5.82 Å². The van der Waals surface area contributed by atoms with Gasteiger partial charge in [-0.3, -0.25) is 4.79 Å². The molecule has 2 aromatic heterocycles. The van der Waals surface area contributed by atoms with Gasteiger partial charge in [0.05, 0.1) is 16.7 Å². The van der Waals surface area contributed by atoms with Gasteiger partial charge in [0.25, 0.3) is 5.91 Å². The summed E-state index contributed by atoms with van der Waals surface area (Å²) in [5, 5.41) is 3.00. The first-order valence-electron chi connectivity index (χ1n) is 10.8. The van der Waals surface area contributed by atoms with Crippen LogP contribution in [0.25, 0.3) is 11.4 Å². The Bertz CT molecular complexity index is 1200. The van der Waals surface area contributed by atoms with Crippen LogP contribution < -0.4 is 5.32 Å². The highest BCUT2D eigenvalue weighted by Gasteiger charge is 2.52. The Kier molecular flexibility index (Phi) is 5.41. The summed E-state index contributed by atoms with van der Waals surface area (Å²) in [5.41, 5.74) is -0.904. The normalized spacial score (nSPS) is 21.6. The number of nitrogens with one attached hydrogen (secondary N) is 1. The van der Waals surface area contributed by atoms with Crippen LogP contribution >= 0.6 is 0 Å². The minimum Gasteiger partial charge on any atom is -0.352 e. The van der Waals surface area contributed by atoms with Crippen LogP contribution in [0.5, 0.6) is 0 Å². The zero-order chi connectivity index (χ0) is 23.9. The predicted octanol–water partition coefficient (Wildman–Crippen LogP) is 4.20. The molecule has 1 aromatic carbocycles. The number of piperidine rings is 1. The minimum absolute atomic E-state index is 0.0502. The molecular weight excluding hydrogens is 452 g/mol. The number of aromatic nitrogens is 4. The standard InChI is InChI=1S/C23H20F4N6O/c24-16-2-3-17(19-28-6-1-7-29-19)18(8-16)20(34)33-12-14-4-5-22(33,9-14)13-32-21-30-10-15(11-31-21)23(25,26)27/h1-3,6-8,10-11,14H,4-5,9,12-13H2,(H,30,31,32). The monoisotopic (exact) mass is 472 g/mol. The quantitative estimate of drug-likeness (QED) is 0.561. The number of amides is 1. The molecule has 3 aromatic rings. The molecule has 176 valence electrons. The van der Waals surface area contributed by atoms with E-state index in [9.17, 15) is 22.4 Å². The number of hydrogen-bond donors (Lipinski definition) is 1. The van der Waals surface area contributed by atoms with Gasteiger partial charge in [-0.2, -0.15) is 13.2 Å². The van der Waals surface area contributed by atoms with Gasteiger partial charge in [-0.25, -0.2) is 24.3 Å². The number of halogens is 4. The summed E-state index contributed by atoms with van der Waals surface area (Å²) in [4.78, 5) is 31.3. The van der Waals surface area contributed by atoms with Crippen LogP contribution in [-0.4, -0.2) is 49.4 Å². The van der Waals surface area contributed by atoms with Crippen molar-refractivity contribution in [3.63, 3.8) is 0 Å². The van der Waals surface area contributed by atoms with Crippen LogP contribution in [0.15, 0.2) is 49.1 Å². The number of nitrogens with zero attached hydrogens (tertiary/aromatic N) is 5. The highest BCUT2D eigenvalue weighted by molar-refractivity contribution is 6.00. The maximum atomic E-state index is 14.2. The van der Waals surface area contributed by atoms with Crippen LogP contribution in [0.1, 0.15) is 35.2 Å². The zero-order valence-electron chi connectivity index (χ0n) is 17.9. The fourth-order valence-corrected chi connectivity index (χ4v) is 4.90. The highest BCUT2D eigenvalue weighted by atomic mass is 19.4. The summed E-state index contributed by atoms with van der Waals surface area (Å²) >= 11 is 0. The molecule has 1 aliphatic heterocycles. The van der Waals surface area contributed by atoms with Crippen molar-refractivity contribution in [2.45, 2.75) is 31.0 Å². The molecule has 1 N–H and O–H groups in total. The molecule has 2 aliphatic rings. The van der Waals surface area contributed by atoms with E-state index < -0.39 is 23.1 Å². The molecule has 0 radical (unpaired) electrons. The van der Waals surface area contributed by atoms with Crippen molar-refractivity contribution in [3.8, 4) is 11.4 Å². The fraction of sp³-hybridized carbons (Fsp3) is 0.348. The summed E-state index contributed by atoms with van der Waals surface area (Å²) < 4.78 is 52.5. The second-order valence-electron chi connectivity index (χ2n) is 8.66. The molecular formula is C23H20F4N6O. The van der Waals surface area contributed by atoms with Crippen LogP contribution in [0, 0.1) is 11.7 Å². The summed E-state index contributed by atoms with van der Waals surface area (Å²) in [6.45, 7) is 0.785. The predicted molar refractivity (Wildman–Crippen MR) is 114 cm³/mol. The lowest BCUT2D eigenvalue weighted by molar-refractivity contribution is -0.138. The van der Waals surface area contributed by atoms with Gasteiger partial charge >= 0.3 is 6.18 Å². The lowest BCUT2D eigenvalue weighted by Gasteiger charge is -2.39. The van der Waals surface area contributed by atoms with E-state index in [1.165, 1.54) is 18.2 Å². The Morgan fingerprint density at radius 2 is 1.88 bits per heavy atom. The van der Waals surface area contributed by atoms with Gasteiger partial charge in [-0.1, -0.05) is 0 Å². The van der Waals surface area contributed by atoms with Crippen molar-refractivity contribution in [2.75, 3.05) is 18.4 Å². The topological polar surface area (TPSA) is 83.9 Å². The smallest absolute Gasteiger partial charge is 0.352 e. The third kappa shape index (κ3) is 4.06. The number of hydrogen-bond acceptors (Lipinski definition) is 6. The maximum absolute atomic E-state index is 14.2. The van der Waals surface area contributed by atoms with E-state index in [4.69, 9.17) is 0 Å². The lowest BCUT2D eigenvalue weighted by Crippen LogP contribution is -2.52. The van der Waals surface area contributed by atoms with Crippen LogP contribution in [0.3, 0.4) is 0 Å². The number of carbonyl (C=O) groups is 1. The SMILES string of the molecule is O=C(c1cc(F)ccc1-c1ncccn1)N1CC2CCC1(CNc1ncc(C(F)(F)F)cn1)C2. The van der Waals surface area contributed by atoms with Gasteiger partial charge in [-0.05, 0) is 49.4 Å². The number of anilines is 1. The van der Waals surface area contributed by atoms with Gasteiger partial charge in [0, 0.05) is 43.4 Å². The molecule has 2 bridgehead atoms. The van der Waals surface area contributed by atoms with Gasteiger partial charge in [-0.15, -0.1) is 0 Å². The van der Waals surface area contributed by atoms with E-state index in [0.717, 1.165) is 25.2 Å². The third-order valence-electron chi connectivity index (χ3n) is 6.52. The van der Waals surface area contributed by atoms with Gasteiger partial charge in [0.2, 0.25) is 5.95 Å². The highest BCUT2D eigenvalue weighted by Crippen LogP contribution is 2.47. The van der Waals surface area contributed by atoms with Crippen LogP contribution in [0.2, 0.25) is 0 Å². The first-order chi connectivity index (χ1) is 16.2. The molecule has 1 amide bonds. The Balaban J connectivity index is 1.40. The zero-order valence-corrected chi connectivity index (χ0v) is 17.9. The minimum atomic E-state index is -4.52. The number of carbonyl (C=O) groups excluding carboxylic acids is 1. The second kappa shape index (κ2) is 8.30. The number of benzene rings is 1. The number of fused-ring (bicyclic) bond motifs is 2. The first kappa shape index (κ1) is 22.2. The molecule has 2 unspecified atom stereocenters.